The van der Waals surface area contributed by atoms with Crippen LogP contribution < -0.4 is 0 Å². The molecule has 43 heavy (non-hydrogen) atoms. The molecule has 0 rings (SSSR count). The Morgan fingerprint density at radius 1 is 0.163 bits per heavy atom. The van der Waals surface area contributed by atoms with Gasteiger partial charge in [0.05, 0.1) is 0 Å². The summed E-state index contributed by atoms with van der Waals surface area (Å²) in [5.74, 6) is 0. The molecule has 0 aliphatic carbocycles. The molecule has 0 aromatic carbocycles. The van der Waals surface area contributed by atoms with E-state index in [1.54, 1.807) is 0 Å². The maximum absolute atomic E-state index is 6.25. The predicted molar refractivity (Wildman–Crippen MR) is 89.4 cm³/mol. The van der Waals surface area contributed by atoms with E-state index >= 15 is 0 Å². The summed E-state index contributed by atoms with van der Waals surface area (Å²) in [5, 5.41) is 112. The van der Waals surface area contributed by atoms with Gasteiger partial charge < -0.3 is 213 Å². The van der Waals surface area contributed by atoms with Crippen molar-refractivity contribution >= 4 is 0 Å². The van der Waals surface area contributed by atoms with Crippen LogP contribution in [0.25, 0.3) is 0 Å². The van der Waals surface area contributed by atoms with Gasteiger partial charge in [-0.1, -0.05) is 0 Å². The van der Waals surface area contributed by atoms with Crippen molar-refractivity contribution in [2.45, 2.75) is 0 Å². The Bertz CT molecular complexity index is 401. The molecule has 0 aromatic heterocycles. The molecule has 0 bridgehead atoms. The second kappa shape index (κ2) is 1490. The predicted octanol–water partition coefficient (Wildman–Crippen LogP) is 1.72. The first-order chi connectivity index (χ1) is 20.0. The van der Waals surface area contributed by atoms with Crippen molar-refractivity contribution < 1.29 is 106 Å². The third kappa shape index (κ3) is 1410. The molecule has 0 aliphatic heterocycles. The Labute approximate surface area is 316 Å². The van der Waals surface area contributed by atoms with Crippen LogP contribution in [-0.2, 0) is 106 Å². The van der Waals surface area contributed by atoms with Gasteiger partial charge in [0.15, 0.2) is 0 Å². The summed E-state index contributed by atoms with van der Waals surface area (Å²) >= 11 is 12.0. The molecule has 2 radical (unpaired) electrons. The van der Waals surface area contributed by atoms with Gasteiger partial charge in [-0.15, -0.1) is 0 Å². The fourth-order valence-corrected chi connectivity index (χ4v) is 0. The monoisotopic (exact) mass is 860 g/mol. The van der Waals surface area contributed by atoms with E-state index in [0.29, 0.717) is 0 Å². The molecule has 0 fully saturated rings. The van der Waals surface area contributed by atoms with E-state index in [9.17, 15) is 0 Å². The van der Waals surface area contributed by atoms with Gasteiger partial charge in [0, 0.05) is 0 Å². The van der Waals surface area contributed by atoms with Crippen LogP contribution in [-0.4, -0.2) is 0 Å². The van der Waals surface area contributed by atoms with Crippen LogP contribution in [0, 0.1) is 213 Å². The van der Waals surface area contributed by atoms with E-state index < -0.39 is 0 Å². The van der Waals surface area contributed by atoms with Crippen molar-refractivity contribution in [3.05, 3.63) is 118 Å². The number of hydrogen-bond donors (Lipinski definition) is 0. The van der Waals surface area contributed by atoms with E-state index in [1.165, 1.54) is 0 Å². The van der Waals surface area contributed by atoms with Crippen LogP contribution >= 0.6 is 0 Å². The van der Waals surface area contributed by atoms with Crippen LogP contribution in [0.1, 0.15) is 0 Å². The summed E-state index contributed by atoms with van der Waals surface area (Å²) < 4.78 is 0. The Morgan fingerprint density at radius 3 is 0.163 bits per heavy atom. The first-order valence-corrected chi connectivity index (χ1v) is 8.27. The third-order valence-electron chi connectivity index (χ3n) is 0. The third-order valence-corrected chi connectivity index (χ3v) is 0. The van der Waals surface area contributed by atoms with Crippen molar-refractivity contribution in [3.8, 4) is 0 Å². The maximum atomic E-state index is 6.25. The van der Waals surface area contributed by atoms with Gasteiger partial charge in [-0.2, -0.15) is 0 Å². The average Bonchev–Trinajstić information content (AvgIpc) is 3.21. The number of nitrogens with zero attached hydrogens (tertiary/aromatic N) is 18. The summed E-state index contributed by atoms with van der Waals surface area (Å²) in [4.78, 5) is 0. The Hall–Kier alpha value is -5.54. The van der Waals surface area contributed by atoms with Gasteiger partial charge in [-0.25, -0.2) is 0 Å². The molecular formula is C18Fe7N18-8. The van der Waals surface area contributed by atoms with E-state index in [1.807, 2.05) is 0 Å². The average molecular weight is 859 g/mol. The van der Waals surface area contributed by atoms with Crippen LogP contribution in [0.4, 0.5) is 0 Å². The van der Waals surface area contributed by atoms with E-state index in [-0.39, 0.29) is 51.2 Å². The van der Waals surface area contributed by atoms with E-state index in [0.717, 1.165) is 0 Å². The zero-order valence-corrected chi connectivity index (χ0v) is 27.3. The van der Waals surface area contributed by atoms with Gasteiger partial charge in [-0.05, 0) is 0 Å². The fraction of sp³-hybridized carbons (Fsp3) is 0. The summed E-state index contributed by atoms with van der Waals surface area (Å²) in [7, 11) is 0. The zero-order valence-electron chi connectivity index (χ0n) is 19.5. The van der Waals surface area contributed by atoms with Crippen LogP contribution in [0.15, 0.2) is 0 Å². The van der Waals surface area contributed by atoms with Gasteiger partial charge in [-0.3, -0.25) is 0 Å². The molecule has 0 N–H and O–H groups in total. The van der Waals surface area contributed by atoms with Gasteiger partial charge >= 0.3 is 106 Å². The first kappa shape index (κ1) is 238. The molecule has 0 unspecified atom stereocenters. The van der Waals surface area contributed by atoms with Crippen molar-refractivity contribution in [2.24, 2.45) is 0 Å². The molecule has 0 saturated heterocycles. The van der Waals surface area contributed by atoms with Crippen molar-refractivity contribution in [3.63, 3.8) is 0 Å². The molecular weight excluding hydrogens is 859 g/mol. The Balaban J connectivity index is -0.00000000465. The summed E-state index contributed by atoms with van der Waals surface area (Å²) in [6.07, 6.45) is 0. The topological polar surface area (TPSA) is 428 Å². The molecule has 25 heteroatoms. The van der Waals surface area contributed by atoms with E-state index in [2.05, 4.69) is 54.6 Å². The number of rotatable bonds is 0. The molecule has 0 atom stereocenters. The number of hydrogen-bond acceptors (Lipinski definition) is 18. The zero-order chi connectivity index (χ0) is 40.0. The van der Waals surface area contributed by atoms with Gasteiger partial charge in [0.25, 0.3) is 0 Å². The minimum absolute atomic E-state index is 0. The van der Waals surface area contributed by atoms with E-state index in [4.69, 9.17) is 213 Å². The molecule has 0 saturated carbocycles. The standard InChI is InChI=1S/18CN.7Fe/c18*1-2;;;;;;;/q18*-1;;;;;2*+3;+4. The molecule has 0 aliphatic rings. The summed E-state index contributed by atoms with van der Waals surface area (Å²) in [5.41, 5.74) is 0. The molecule has 0 spiro atoms. The second-order valence-corrected chi connectivity index (χ2v) is 0. The van der Waals surface area contributed by atoms with Crippen molar-refractivity contribution in [2.75, 3.05) is 0 Å². The fourth-order valence-electron chi connectivity index (χ4n) is 0. The second-order valence-electron chi connectivity index (χ2n) is 0. The quantitative estimate of drug-likeness (QED) is 0.247. The van der Waals surface area contributed by atoms with Crippen LogP contribution in [0.2, 0.25) is 0 Å². The van der Waals surface area contributed by atoms with Crippen molar-refractivity contribution in [1.82, 2.24) is 0 Å². The molecule has 18 nitrogen and oxygen atoms in total. The molecule has 0 aromatic rings. The summed E-state index contributed by atoms with van der Waals surface area (Å²) in [6.45, 7) is 85.5. The normalized spacial score (nSPS) is 1.12. The summed E-state index contributed by atoms with van der Waals surface area (Å²) in [6, 6.07) is 0. The Morgan fingerprint density at radius 2 is 0.163 bits per heavy atom. The minimum atomic E-state index is 0. The van der Waals surface area contributed by atoms with Crippen LogP contribution in [0.3, 0.4) is 0 Å². The molecule has 0 heterocycles. The SMILES string of the molecule is [C-]#N.[C-]#N.[C-]#N.[C-]#N.[C-]#N.[C-]#N.[C-]#N.[C-]#N.[C-]#N.[C-]#N.[C-]#N.[C-]#N.[C-]#N.[C-]#N.[C-]#N.[C-]#N.[C-]#N.[C-]#N.[Fe+3].[Fe+3].[Fe+4].[Fe]=[Fe].[Fe]=[Fe]. The van der Waals surface area contributed by atoms with Crippen LogP contribution in [0.5, 0.6) is 0 Å². The molecule has 0 amide bonds. The van der Waals surface area contributed by atoms with Gasteiger partial charge in [0.2, 0.25) is 0 Å². The van der Waals surface area contributed by atoms with Crippen molar-refractivity contribution in [1.29, 1.82) is 94.7 Å². The first-order valence-electron chi connectivity index (χ1n) is 4.27. The van der Waals surface area contributed by atoms with Gasteiger partial charge in [0.1, 0.15) is 0 Å². The molecule has 226 valence electrons. The Kier molecular flexibility index (Phi) is 8260.